The van der Waals surface area contributed by atoms with E-state index in [-0.39, 0.29) is 20.1 Å². The Bertz CT molecular complexity index is 963. The van der Waals surface area contributed by atoms with Crippen LogP contribution in [0, 0.1) is 0 Å². The maximum Gasteiger partial charge on any atom is 0.403 e. The molecule has 0 amide bonds. The first-order chi connectivity index (χ1) is 11.4. The van der Waals surface area contributed by atoms with Crippen molar-refractivity contribution in [1.29, 1.82) is 0 Å². The molecule has 0 bridgehead atoms. The molecule has 2 aromatic carbocycles. The zero-order valence-electron chi connectivity index (χ0n) is 12.3. The van der Waals surface area contributed by atoms with Crippen molar-refractivity contribution in [1.82, 2.24) is 10.3 Å². The minimum atomic E-state index is 0. The van der Waals surface area contributed by atoms with Crippen LogP contribution in [0.2, 0.25) is 0 Å². The van der Waals surface area contributed by atoms with Crippen molar-refractivity contribution in [3.05, 3.63) is 60.9 Å². The molecule has 0 saturated carbocycles. The number of rotatable bonds is 2. The summed E-state index contributed by atoms with van der Waals surface area (Å²) in [7, 11) is 1.90. The number of nitrogens with zero attached hydrogens (tertiary/aromatic N) is 4. The van der Waals surface area contributed by atoms with E-state index < -0.39 is 0 Å². The minimum Gasteiger partial charge on any atom is -0.355 e. The van der Waals surface area contributed by atoms with Gasteiger partial charge in [-0.3, -0.25) is 0 Å². The molecule has 4 aromatic rings. The topological polar surface area (TPSA) is 58.5 Å². The number of para-hydroxylation sites is 2. The summed E-state index contributed by atoms with van der Waals surface area (Å²) in [5, 5.41) is 10.2. The molecular formula is C16H10BIrN4O2. The van der Waals surface area contributed by atoms with Crippen molar-refractivity contribution < 1.29 is 29.2 Å². The van der Waals surface area contributed by atoms with E-state index in [1.54, 1.807) is 0 Å². The Balaban J connectivity index is 0.00000146. The summed E-state index contributed by atoms with van der Waals surface area (Å²) in [5.74, 6) is 1.49. The van der Waals surface area contributed by atoms with Crippen LogP contribution in [0.15, 0.2) is 70.0 Å². The van der Waals surface area contributed by atoms with Crippen molar-refractivity contribution >= 4 is 41.1 Å². The van der Waals surface area contributed by atoms with Crippen LogP contribution in [0.4, 0.5) is 11.6 Å². The van der Waals surface area contributed by atoms with Crippen LogP contribution in [0.3, 0.4) is 0 Å². The van der Waals surface area contributed by atoms with Gasteiger partial charge in [-0.15, -0.1) is 0 Å². The molecule has 0 N–H and O–H groups in total. The van der Waals surface area contributed by atoms with Crippen LogP contribution in [0.25, 0.3) is 21.9 Å². The quantitative estimate of drug-likeness (QED) is 0.400. The van der Waals surface area contributed by atoms with Crippen molar-refractivity contribution in [3.63, 3.8) is 0 Å². The van der Waals surface area contributed by atoms with Crippen LogP contribution >= 0.6 is 0 Å². The molecule has 1 aliphatic rings. The second-order valence-corrected chi connectivity index (χ2v) is 5.23. The summed E-state index contributed by atoms with van der Waals surface area (Å²) in [6.45, 7) is 0. The van der Waals surface area contributed by atoms with E-state index in [1.165, 1.54) is 0 Å². The van der Waals surface area contributed by atoms with Gasteiger partial charge in [-0.1, -0.05) is 34.6 Å². The van der Waals surface area contributed by atoms with Crippen LogP contribution < -0.4 is 9.62 Å². The van der Waals surface area contributed by atoms with Gasteiger partial charge >= 0.3 is 7.55 Å². The van der Waals surface area contributed by atoms with Crippen molar-refractivity contribution in [3.8, 4) is 0 Å². The predicted molar refractivity (Wildman–Crippen MR) is 87.9 cm³/mol. The van der Waals surface area contributed by atoms with Crippen LogP contribution in [0.1, 0.15) is 0 Å². The Morgan fingerprint density at radius 3 is 1.67 bits per heavy atom. The zero-order valence-corrected chi connectivity index (χ0v) is 14.7. The fraction of sp³-hybridized carbons (Fsp3) is 0. The average Bonchev–Trinajstić information content (AvgIpc) is 3.31. The van der Waals surface area contributed by atoms with Gasteiger partial charge in [0.15, 0.2) is 22.8 Å². The monoisotopic (exact) mass is 494 g/mol. The first kappa shape index (κ1) is 15.0. The number of aromatic nitrogens is 2. The molecule has 8 heteroatoms. The molecule has 118 valence electrons. The molecule has 0 fully saturated rings. The van der Waals surface area contributed by atoms with Gasteiger partial charge in [0.25, 0.3) is 0 Å². The van der Waals surface area contributed by atoms with Gasteiger partial charge in [0, 0.05) is 32.5 Å². The van der Waals surface area contributed by atoms with Crippen LogP contribution in [-0.2, 0) is 20.1 Å². The van der Waals surface area contributed by atoms with Crippen LogP contribution in [0.5, 0.6) is 0 Å². The fourth-order valence-corrected chi connectivity index (χ4v) is 2.72. The number of hydrogen-bond donors (Lipinski definition) is 0. The maximum absolute atomic E-state index is 5.36. The third-order valence-electron chi connectivity index (χ3n) is 3.84. The number of benzene rings is 2. The Morgan fingerprint density at radius 1 is 0.708 bits per heavy atom. The van der Waals surface area contributed by atoms with E-state index in [1.807, 2.05) is 78.1 Å². The van der Waals surface area contributed by atoms with Gasteiger partial charge in [0.1, 0.15) is 0 Å². The maximum atomic E-state index is 5.36. The van der Waals surface area contributed by atoms with Gasteiger partial charge in [-0.05, 0) is 24.3 Å². The molecule has 6 nitrogen and oxygen atoms in total. The molecule has 1 aliphatic heterocycles. The summed E-state index contributed by atoms with van der Waals surface area (Å²) >= 11 is 0. The third kappa shape index (κ3) is 2.23. The molecular weight excluding hydrogens is 483 g/mol. The van der Waals surface area contributed by atoms with Gasteiger partial charge in [0.2, 0.25) is 0 Å². The van der Waals surface area contributed by atoms with Crippen molar-refractivity contribution in [2.24, 2.45) is 0 Å². The van der Waals surface area contributed by atoms with Gasteiger partial charge in [-0.25, -0.2) is 0 Å². The van der Waals surface area contributed by atoms with E-state index in [4.69, 9.17) is 9.05 Å². The molecule has 24 heavy (non-hydrogen) atoms. The Morgan fingerprint density at radius 2 is 1.17 bits per heavy atom. The number of hydrogen-bond acceptors (Lipinski definition) is 6. The molecule has 0 aliphatic carbocycles. The third-order valence-corrected chi connectivity index (χ3v) is 3.84. The Labute approximate surface area is 151 Å². The first-order valence-corrected chi connectivity index (χ1v) is 7.19. The molecule has 2 aromatic heterocycles. The fourth-order valence-electron chi connectivity index (χ4n) is 2.72. The zero-order chi connectivity index (χ0) is 15.2. The molecule has 0 atom stereocenters. The smallest absolute Gasteiger partial charge is 0.355 e. The summed E-state index contributed by atoms with van der Waals surface area (Å²) in [5.41, 5.74) is 1.52. The first-order valence-electron chi connectivity index (χ1n) is 7.19. The molecule has 0 spiro atoms. The largest absolute Gasteiger partial charge is 0.403 e. The number of anilines is 2. The molecule has 2 radical (unpaired) electrons. The normalized spacial score (nSPS) is 13.5. The Hall–Kier alpha value is -2.57. The van der Waals surface area contributed by atoms with E-state index in [0.29, 0.717) is 0 Å². The molecule has 5 rings (SSSR count). The predicted octanol–water partition coefficient (Wildman–Crippen LogP) is 3.30. The standard InChI is InChI=1S/C16H10BN4O2.Ir/c1-3-7-13-11(5-1)15(18-22-13)20-9-10-21(17-20)16-12-6-2-4-8-14(12)23-19-16;/h1-10H;. The number of fused-ring (bicyclic) bond motifs is 2. The average molecular weight is 493 g/mol. The minimum absolute atomic E-state index is 0. The molecule has 0 saturated heterocycles. The van der Waals surface area contributed by atoms with Gasteiger partial charge < -0.3 is 18.7 Å². The summed E-state index contributed by atoms with van der Waals surface area (Å²) in [6.07, 6.45) is 3.82. The molecule has 3 heterocycles. The Kier molecular flexibility index (Phi) is 3.63. The SMILES string of the molecule is [B]1N(c2noc3ccccc23)C=CN1c1noc2ccccc12.[Ir]. The second-order valence-electron chi connectivity index (χ2n) is 5.23. The van der Waals surface area contributed by atoms with E-state index in [9.17, 15) is 0 Å². The van der Waals surface area contributed by atoms with Gasteiger partial charge in [-0.2, -0.15) is 0 Å². The van der Waals surface area contributed by atoms with Crippen molar-refractivity contribution in [2.45, 2.75) is 0 Å². The molecule has 0 unspecified atom stereocenters. The van der Waals surface area contributed by atoms with E-state index in [2.05, 4.69) is 10.3 Å². The van der Waals surface area contributed by atoms with Gasteiger partial charge in [0.05, 0.1) is 10.8 Å². The van der Waals surface area contributed by atoms with E-state index >= 15 is 0 Å². The van der Waals surface area contributed by atoms with Crippen molar-refractivity contribution in [2.75, 3.05) is 9.62 Å². The summed E-state index contributed by atoms with van der Waals surface area (Å²) in [4.78, 5) is 3.80. The summed E-state index contributed by atoms with van der Waals surface area (Å²) in [6, 6.07) is 15.5. The summed E-state index contributed by atoms with van der Waals surface area (Å²) < 4.78 is 10.7. The van der Waals surface area contributed by atoms with Crippen LogP contribution in [-0.4, -0.2) is 17.9 Å². The van der Waals surface area contributed by atoms with E-state index in [0.717, 1.165) is 33.6 Å². The second kappa shape index (κ2) is 5.81.